The number of hydrogen-bond acceptors (Lipinski definition) is 4. The second kappa shape index (κ2) is 3.29. The molecule has 2 rings (SSSR count). The molecule has 0 aromatic carbocycles. The SMILES string of the molecule is Cc1nc2c(nc1C)C[C@@H](N)[C@H](N)C2. The normalized spacial score (nSPS) is 26.0. The van der Waals surface area contributed by atoms with Crippen LogP contribution in [0.4, 0.5) is 0 Å². The highest BCUT2D eigenvalue weighted by Crippen LogP contribution is 2.17. The molecule has 0 spiro atoms. The summed E-state index contributed by atoms with van der Waals surface area (Å²) in [6, 6.07) is 0.0535. The summed E-state index contributed by atoms with van der Waals surface area (Å²) in [5.41, 5.74) is 15.8. The van der Waals surface area contributed by atoms with E-state index in [1.54, 1.807) is 0 Å². The number of aromatic nitrogens is 2. The molecule has 0 saturated heterocycles. The molecule has 0 radical (unpaired) electrons. The maximum absolute atomic E-state index is 5.89. The summed E-state index contributed by atoms with van der Waals surface area (Å²) in [5, 5.41) is 0. The van der Waals surface area contributed by atoms with Gasteiger partial charge in [0, 0.05) is 24.9 Å². The van der Waals surface area contributed by atoms with Crippen LogP contribution in [0.5, 0.6) is 0 Å². The van der Waals surface area contributed by atoms with E-state index >= 15 is 0 Å². The summed E-state index contributed by atoms with van der Waals surface area (Å²) >= 11 is 0. The van der Waals surface area contributed by atoms with Crippen LogP contribution in [0.3, 0.4) is 0 Å². The van der Waals surface area contributed by atoms with Gasteiger partial charge < -0.3 is 11.5 Å². The zero-order valence-electron chi connectivity index (χ0n) is 8.62. The Morgan fingerprint density at radius 3 is 1.64 bits per heavy atom. The van der Waals surface area contributed by atoms with Crippen LogP contribution >= 0.6 is 0 Å². The zero-order chi connectivity index (χ0) is 10.3. The topological polar surface area (TPSA) is 77.8 Å². The molecule has 1 aliphatic rings. The molecule has 0 saturated carbocycles. The van der Waals surface area contributed by atoms with Crippen LogP contribution in [-0.4, -0.2) is 22.1 Å². The molecule has 1 aromatic rings. The quantitative estimate of drug-likeness (QED) is 0.599. The molecule has 0 amide bonds. The van der Waals surface area contributed by atoms with Crippen molar-refractivity contribution >= 4 is 0 Å². The first-order chi connectivity index (χ1) is 6.58. The van der Waals surface area contributed by atoms with Gasteiger partial charge in [-0.3, -0.25) is 9.97 Å². The van der Waals surface area contributed by atoms with Crippen molar-refractivity contribution in [2.24, 2.45) is 11.5 Å². The van der Waals surface area contributed by atoms with Crippen molar-refractivity contribution in [3.8, 4) is 0 Å². The van der Waals surface area contributed by atoms with Crippen molar-refractivity contribution in [2.75, 3.05) is 0 Å². The van der Waals surface area contributed by atoms with Gasteiger partial charge in [0.25, 0.3) is 0 Å². The molecule has 0 fully saturated rings. The smallest absolute Gasteiger partial charge is 0.0638 e. The molecule has 1 aromatic heterocycles. The van der Waals surface area contributed by atoms with Crippen molar-refractivity contribution in [1.29, 1.82) is 0 Å². The lowest BCUT2D eigenvalue weighted by Gasteiger charge is -2.26. The van der Waals surface area contributed by atoms with Gasteiger partial charge in [-0.1, -0.05) is 0 Å². The predicted molar refractivity (Wildman–Crippen MR) is 54.9 cm³/mol. The van der Waals surface area contributed by atoms with Crippen LogP contribution in [0.1, 0.15) is 22.8 Å². The minimum Gasteiger partial charge on any atom is -0.326 e. The first kappa shape index (κ1) is 9.55. The second-order valence-electron chi connectivity index (χ2n) is 4.02. The molecule has 0 bridgehead atoms. The lowest BCUT2D eigenvalue weighted by molar-refractivity contribution is 0.475. The van der Waals surface area contributed by atoms with Crippen LogP contribution in [0.2, 0.25) is 0 Å². The Balaban J connectivity index is 2.42. The van der Waals surface area contributed by atoms with E-state index in [9.17, 15) is 0 Å². The molecule has 0 unspecified atom stereocenters. The number of aryl methyl sites for hydroxylation is 2. The first-order valence-corrected chi connectivity index (χ1v) is 4.92. The van der Waals surface area contributed by atoms with Gasteiger partial charge in [0.15, 0.2) is 0 Å². The van der Waals surface area contributed by atoms with Gasteiger partial charge in [0.2, 0.25) is 0 Å². The predicted octanol–water partition coefficient (Wildman–Crippen LogP) is -0.153. The summed E-state index contributed by atoms with van der Waals surface area (Å²) in [4.78, 5) is 9.00. The van der Waals surface area contributed by atoms with Crippen LogP contribution in [0, 0.1) is 13.8 Å². The summed E-state index contributed by atoms with van der Waals surface area (Å²) in [6.07, 6.45) is 1.51. The van der Waals surface area contributed by atoms with E-state index < -0.39 is 0 Å². The summed E-state index contributed by atoms with van der Waals surface area (Å²) in [6.45, 7) is 3.95. The lowest BCUT2D eigenvalue weighted by atomic mass is 9.91. The van der Waals surface area contributed by atoms with Gasteiger partial charge in [0.05, 0.1) is 22.8 Å². The fourth-order valence-corrected chi connectivity index (χ4v) is 1.77. The summed E-state index contributed by atoms with van der Waals surface area (Å²) in [7, 11) is 0. The Morgan fingerprint density at radius 1 is 0.929 bits per heavy atom. The largest absolute Gasteiger partial charge is 0.326 e. The van der Waals surface area contributed by atoms with Gasteiger partial charge in [0.1, 0.15) is 0 Å². The van der Waals surface area contributed by atoms with Crippen LogP contribution in [0.15, 0.2) is 0 Å². The highest BCUT2D eigenvalue weighted by Gasteiger charge is 2.25. The van der Waals surface area contributed by atoms with E-state index in [-0.39, 0.29) is 12.1 Å². The molecule has 1 aliphatic carbocycles. The van der Waals surface area contributed by atoms with Crippen LogP contribution < -0.4 is 11.5 Å². The standard InChI is InChI=1S/C10H16N4/c1-5-6(2)14-10-4-8(12)7(11)3-9(10)13-5/h7-8H,3-4,11-12H2,1-2H3/t7-,8-/m1/s1. The van der Waals surface area contributed by atoms with Gasteiger partial charge in [-0.15, -0.1) is 0 Å². The van der Waals surface area contributed by atoms with Crippen molar-refractivity contribution in [2.45, 2.75) is 38.8 Å². The molecule has 4 nitrogen and oxygen atoms in total. The highest BCUT2D eigenvalue weighted by molar-refractivity contribution is 5.24. The van der Waals surface area contributed by atoms with Crippen molar-refractivity contribution in [3.05, 3.63) is 22.8 Å². The van der Waals surface area contributed by atoms with E-state index in [1.165, 1.54) is 0 Å². The molecule has 2 atom stereocenters. The molecular formula is C10H16N4. The Labute approximate surface area is 83.7 Å². The van der Waals surface area contributed by atoms with Gasteiger partial charge >= 0.3 is 0 Å². The molecule has 4 heteroatoms. The Morgan fingerprint density at radius 2 is 1.29 bits per heavy atom. The number of nitrogens with zero attached hydrogens (tertiary/aromatic N) is 2. The van der Waals surface area contributed by atoms with E-state index in [1.807, 2.05) is 13.8 Å². The van der Waals surface area contributed by atoms with Crippen molar-refractivity contribution in [3.63, 3.8) is 0 Å². The Kier molecular flexibility index (Phi) is 2.25. The maximum Gasteiger partial charge on any atom is 0.0638 e. The third kappa shape index (κ3) is 1.51. The summed E-state index contributed by atoms with van der Waals surface area (Å²) in [5.74, 6) is 0. The average Bonchev–Trinajstić information content (AvgIpc) is 2.11. The van der Waals surface area contributed by atoms with E-state index in [0.29, 0.717) is 0 Å². The third-order valence-electron chi connectivity index (χ3n) is 2.87. The lowest BCUT2D eigenvalue weighted by Crippen LogP contribution is -2.48. The average molecular weight is 192 g/mol. The number of nitrogens with two attached hydrogens (primary N) is 2. The van der Waals surface area contributed by atoms with Gasteiger partial charge in [-0.05, 0) is 13.8 Å². The van der Waals surface area contributed by atoms with Gasteiger partial charge in [-0.25, -0.2) is 0 Å². The third-order valence-corrected chi connectivity index (χ3v) is 2.87. The fraction of sp³-hybridized carbons (Fsp3) is 0.600. The maximum atomic E-state index is 5.89. The fourth-order valence-electron chi connectivity index (χ4n) is 1.77. The zero-order valence-corrected chi connectivity index (χ0v) is 8.62. The van der Waals surface area contributed by atoms with Crippen LogP contribution in [-0.2, 0) is 12.8 Å². The van der Waals surface area contributed by atoms with E-state index in [2.05, 4.69) is 9.97 Å². The minimum absolute atomic E-state index is 0.0268. The van der Waals surface area contributed by atoms with Crippen molar-refractivity contribution < 1.29 is 0 Å². The van der Waals surface area contributed by atoms with Crippen molar-refractivity contribution in [1.82, 2.24) is 9.97 Å². The summed E-state index contributed by atoms with van der Waals surface area (Å²) < 4.78 is 0. The molecular weight excluding hydrogens is 176 g/mol. The molecule has 76 valence electrons. The first-order valence-electron chi connectivity index (χ1n) is 4.92. The monoisotopic (exact) mass is 192 g/mol. The van der Waals surface area contributed by atoms with E-state index in [0.717, 1.165) is 35.6 Å². The Hall–Kier alpha value is -1.00. The number of rotatable bonds is 0. The molecule has 1 heterocycles. The second-order valence-corrected chi connectivity index (χ2v) is 4.02. The van der Waals surface area contributed by atoms with Gasteiger partial charge in [-0.2, -0.15) is 0 Å². The molecule has 14 heavy (non-hydrogen) atoms. The van der Waals surface area contributed by atoms with Crippen LogP contribution in [0.25, 0.3) is 0 Å². The number of fused-ring (bicyclic) bond motifs is 1. The minimum atomic E-state index is 0.0268. The highest BCUT2D eigenvalue weighted by atomic mass is 14.9. The Bertz CT molecular complexity index is 326. The molecule has 4 N–H and O–H groups in total. The van der Waals surface area contributed by atoms with E-state index in [4.69, 9.17) is 11.5 Å². The molecule has 0 aliphatic heterocycles. The number of hydrogen-bond donors (Lipinski definition) is 2.